The molecule has 4 N–H and O–H groups in total. The van der Waals surface area contributed by atoms with Gasteiger partial charge in [0.25, 0.3) is 5.91 Å². The van der Waals surface area contributed by atoms with E-state index in [0.717, 1.165) is 10.2 Å². The van der Waals surface area contributed by atoms with Crippen molar-refractivity contribution in [3.63, 3.8) is 0 Å². The molecule has 0 aliphatic heterocycles. The first kappa shape index (κ1) is 21.5. The van der Waals surface area contributed by atoms with Gasteiger partial charge in [0.05, 0.1) is 23.7 Å². The minimum atomic E-state index is -4.75. The molecule has 0 fully saturated rings. The summed E-state index contributed by atoms with van der Waals surface area (Å²) in [4.78, 5) is 12.2. The Morgan fingerprint density at radius 3 is 2.47 bits per heavy atom. The molecule has 0 radical (unpaired) electrons. The van der Waals surface area contributed by atoms with Gasteiger partial charge in [0.2, 0.25) is 0 Å². The number of methoxy groups -OCH3 is 1. The lowest BCUT2D eigenvalue weighted by molar-refractivity contribution is -0.143. The maximum atomic E-state index is 14.0. The molecule has 3 aromatic rings. The Hall–Kier alpha value is -3.17. The van der Waals surface area contributed by atoms with Crippen LogP contribution in [-0.4, -0.2) is 27.4 Å². The third-order valence-corrected chi connectivity index (χ3v) is 5.16. The zero-order valence-corrected chi connectivity index (χ0v) is 17.2. The van der Waals surface area contributed by atoms with Crippen LogP contribution in [0.1, 0.15) is 46.9 Å². The number of halogens is 3. The van der Waals surface area contributed by atoms with E-state index in [0.29, 0.717) is 29.8 Å². The molecular formula is C20H24F3N5O2. The second kappa shape index (κ2) is 7.58. The van der Waals surface area contributed by atoms with E-state index in [1.807, 2.05) is 6.92 Å². The van der Waals surface area contributed by atoms with Crippen molar-refractivity contribution in [3.8, 4) is 11.4 Å². The van der Waals surface area contributed by atoms with E-state index < -0.39 is 17.8 Å². The Balaban J connectivity index is 2.51. The van der Waals surface area contributed by atoms with E-state index >= 15 is 0 Å². The highest BCUT2D eigenvalue weighted by Gasteiger charge is 2.41. The number of aryl methyl sites for hydroxylation is 2. The number of nitrogens with two attached hydrogens (primary N) is 2. The molecule has 0 aliphatic carbocycles. The SMILES string of the molecule is CCCCn1nc2c(c(C(N)=O)c(N)n2-c2c(C)ccc(OC)c2C)c1C(F)(F)F. The molecule has 10 heteroatoms. The molecule has 7 nitrogen and oxygen atoms in total. The fraction of sp³-hybridized carbons (Fsp3) is 0.400. The smallest absolute Gasteiger partial charge is 0.433 e. The highest BCUT2D eigenvalue weighted by Crippen LogP contribution is 2.42. The number of unbranched alkanes of at least 4 members (excludes halogenated alkanes) is 1. The van der Waals surface area contributed by atoms with Gasteiger partial charge in [-0.05, 0) is 31.9 Å². The minimum Gasteiger partial charge on any atom is -0.496 e. The number of ether oxygens (including phenoxy) is 1. The zero-order chi connectivity index (χ0) is 22.4. The average molecular weight is 423 g/mol. The summed E-state index contributed by atoms with van der Waals surface area (Å²) in [6.07, 6.45) is -3.57. The standard InChI is InChI=1S/C20H24F3N5O2/c1-5-6-9-27-16(20(21,22)23)13-14(18(25)29)17(24)28(19(13)26-27)15-10(2)7-8-12(30-4)11(15)3/h7-8H,5-6,9,24H2,1-4H3,(H2,25,29). The lowest BCUT2D eigenvalue weighted by atomic mass is 10.1. The molecule has 0 unspecified atom stereocenters. The number of carbonyl (C=O) groups is 1. The summed E-state index contributed by atoms with van der Waals surface area (Å²) in [7, 11) is 1.49. The van der Waals surface area contributed by atoms with Gasteiger partial charge in [-0.15, -0.1) is 0 Å². The van der Waals surface area contributed by atoms with Crippen LogP contribution in [0.4, 0.5) is 19.0 Å². The molecule has 30 heavy (non-hydrogen) atoms. The molecule has 0 spiro atoms. The molecular weight excluding hydrogens is 399 g/mol. The third-order valence-electron chi connectivity index (χ3n) is 5.16. The highest BCUT2D eigenvalue weighted by molar-refractivity contribution is 6.12. The number of rotatable bonds is 6. The quantitative estimate of drug-likeness (QED) is 0.627. The fourth-order valence-corrected chi connectivity index (χ4v) is 3.81. The number of nitrogens with zero attached hydrogens (tertiary/aromatic N) is 3. The predicted octanol–water partition coefficient (Wildman–Crippen LogP) is 3.95. The van der Waals surface area contributed by atoms with Crippen molar-refractivity contribution in [2.45, 2.75) is 46.3 Å². The lowest BCUT2D eigenvalue weighted by Crippen LogP contribution is -2.19. The number of amides is 1. The number of primary amides is 1. The van der Waals surface area contributed by atoms with Crippen LogP contribution in [0.15, 0.2) is 12.1 Å². The average Bonchev–Trinajstić information content (AvgIpc) is 3.13. The normalized spacial score (nSPS) is 12.0. The lowest BCUT2D eigenvalue weighted by Gasteiger charge is -2.16. The molecule has 2 aromatic heterocycles. The number of aromatic nitrogens is 3. The van der Waals surface area contributed by atoms with Gasteiger partial charge in [0.1, 0.15) is 11.6 Å². The summed E-state index contributed by atoms with van der Waals surface area (Å²) < 4.78 is 49.7. The van der Waals surface area contributed by atoms with E-state index in [-0.39, 0.29) is 29.0 Å². The molecule has 0 aliphatic rings. The third kappa shape index (κ3) is 3.25. The van der Waals surface area contributed by atoms with Gasteiger partial charge in [-0.1, -0.05) is 19.4 Å². The van der Waals surface area contributed by atoms with Crippen molar-refractivity contribution in [3.05, 3.63) is 34.5 Å². The van der Waals surface area contributed by atoms with E-state index in [2.05, 4.69) is 5.10 Å². The Morgan fingerprint density at radius 1 is 1.27 bits per heavy atom. The van der Waals surface area contributed by atoms with Crippen LogP contribution < -0.4 is 16.2 Å². The van der Waals surface area contributed by atoms with E-state index in [4.69, 9.17) is 16.2 Å². The maximum Gasteiger partial charge on any atom is 0.433 e. The summed E-state index contributed by atoms with van der Waals surface area (Å²) in [6.45, 7) is 5.46. The highest BCUT2D eigenvalue weighted by atomic mass is 19.4. The summed E-state index contributed by atoms with van der Waals surface area (Å²) in [6, 6.07) is 3.51. The number of anilines is 1. The Kier molecular flexibility index (Phi) is 5.44. The molecule has 0 saturated carbocycles. The molecule has 1 aromatic carbocycles. The van der Waals surface area contributed by atoms with E-state index in [1.54, 1.807) is 26.0 Å². The van der Waals surface area contributed by atoms with Gasteiger partial charge in [-0.2, -0.15) is 18.3 Å². The van der Waals surface area contributed by atoms with Crippen LogP contribution in [0.5, 0.6) is 5.75 Å². The van der Waals surface area contributed by atoms with Gasteiger partial charge in [0, 0.05) is 12.1 Å². The largest absolute Gasteiger partial charge is 0.496 e. The Bertz CT molecular complexity index is 1130. The predicted molar refractivity (Wildman–Crippen MR) is 108 cm³/mol. The van der Waals surface area contributed by atoms with Crippen molar-refractivity contribution < 1.29 is 22.7 Å². The number of hydrogen-bond acceptors (Lipinski definition) is 4. The van der Waals surface area contributed by atoms with Crippen LogP contribution in [-0.2, 0) is 12.7 Å². The number of hydrogen-bond donors (Lipinski definition) is 2. The fourth-order valence-electron chi connectivity index (χ4n) is 3.81. The molecule has 0 bridgehead atoms. The minimum absolute atomic E-state index is 0.0498. The van der Waals surface area contributed by atoms with Crippen LogP contribution >= 0.6 is 0 Å². The summed E-state index contributed by atoms with van der Waals surface area (Å²) in [5.41, 5.74) is 12.0. The summed E-state index contributed by atoms with van der Waals surface area (Å²) >= 11 is 0. The second-order valence-electron chi connectivity index (χ2n) is 7.14. The number of fused-ring (bicyclic) bond motifs is 1. The van der Waals surface area contributed by atoms with Gasteiger partial charge < -0.3 is 16.2 Å². The summed E-state index contributed by atoms with van der Waals surface area (Å²) in [5.74, 6) is -0.707. The monoisotopic (exact) mass is 423 g/mol. The van der Waals surface area contributed by atoms with Crippen LogP contribution in [0.3, 0.4) is 0 Å². The Labute approximate surface area is 171 Å². The van der Waals surface area contributed by atoms with E-state index in [1.165, 1.54) is 11.7 Å². The number of alkyl halides is 3. The van der Waals surface area contributed by atoms with Crippen molar-refractivity contribution in [1.29, 1.82) is 0 Å². The van der Waals surface area contributed by atoms with Crippen molar-refractivity contribution >= 4 is 22.8 Å². The number of carbonyl (C=O) groups excluding carboxylic acids is 1. The number of benzene rings is 1. The first-order valence-corrected chi connectivity index (χ1v) is 9.46. The topological polar surface area (TPSA) is 101 Å². The van der Waals surface area contributed by atoms with Crippen LogP contribution in [0.25, 0.3) is 16.7 Å². The Morgan fingerprint density at radius 2 is 1.93 bits per heavy atom. The van der Waals surface area contributed by atoms with Crippen molar-refractivity contribution in [2.75, 3.05) is 12.8 Å². The van der Waals surface area contributed by atoms with Gasteiger partial charge in [0.15, 0.2) is 11.3 Å². The zero-order valence-electron chi connectivity index (χ0n) is 17.2. The molecule has 0 atom stereocenters. The first-order valence-electron chi connectivity index (χ1n) is 9.46. The molecule has 162 valence electrons. The molecule has 1 amide bonds. The number of nitrogen functional groups attached to an aromatic ring is 1. The van der Waals surface area contributed by atoms with Crippen molar-refractivity contribution in [2.24, 2.45) is 5.73 Å². The van der Waals surface area contributed by atoms with Gasteiger partial charge >= 0.3 is 6.18 Å². The van der Waals surface area contributed by atoms with Crippen molar-refractivity contribution in [1.82, 2.24) is 14.3 Å². The van der Waals surface area contributed by atoms with Gasteiger partial charge in [-0.3, -0.25) is 14.0 Å². The summed E-state index contributed by atoms with van der Waals surface area (Å²) in [5, 5.41) is 3.84. The van der Waals surface area contributed by atoms with E-state index in [9.17, 15) is 18.0 Å². The first-order chi connectivity index (χ1) is 14.0. The van der Waals surface area contributed by atoms with Crippen LogP contribution in [0, 0.1) is 13.8 Å². The maximum absolute atomic E-state index is 14.0. The second-order valence-corrected chi connectivity index (χ2v) is 7.14. The molecule has 3 rings (SSSR count). The molecule has 2 heterocycles. The van der Waals surface area contributed by atoms with Crippen LogP contribution in [0.2, 0.25) is 0 Å². The molecule has 0 saturated heterocycles. The van der Waals surface area contributed by atoms with Gasteiger partial charge in [-0.25, -0.2) is 0 Å².